The van der Waals surface area contributed by atoms with Crippen LogP contribution in [-0.2, 0) is 24.0 Å². The maximum absolute atomic E-state index is 12.5. The Kier molecular flexibility index (Phi) is 4.54. The molecule has 8 nitrogen and oxygen atoms in total. The normalized spacial score (nSPS) is 20.8. The Labute approximate surface area is 168 Å². The number of fused-ring (bicyclic) bond motifs is 2. The summed E-state index contributed by atoms with van der Waals surface area (Å²) < 4.78 is 5.19. The van der Waals surface area contributed by atoms with Gasteiger partial charge in [-0.2, -0.15) is 0 Å². The molecule has 0 saturated carbocycles. The van der Waals surface area contributed by atoms with Gasteiger partial charge in [-0.1, -0.05) is 30.3 Å². The molecule has 2 saturated heterocycles. The minimum Gasteiger partial charge on any atom is -0.447 e. The molecule has 1 aromatic carbocycles. The molecule has 3 aliphatic heterocycles. The topological polar surface area (TPSA) is 87.7 Å². The molecule has 1 N–H and O–H groups in total. The van der Waals surface area contributed by atoms with E-state index in [-0.39, 0.29) is 18.0 Å². The van der Waals surface area contributed by atoms with Gasteiger partial charge in [-0.15, -0.1) is 0 Å². The Morgan fingerprint density at radius 3 is 2.83 bits per heavy atom. The largest absolute Gasteiger partial charge is 0.447 e. The molecule has 2 amide bonds. The SMILES string of the molecule is O=C1NCCc2c1nc(CCc1ccccc1)nc2N1CCN2C(=O)OCC2C1. The lowest BCUT2D eigenvalue weighted by Crippen LogP contribution is -2.53. The van der Waals surface area contributed by atoms with E-state index in [2.05, 4.69) is 27.3 Å². The number of amides is 2. The fourth-order valence-corrected chi connectivity index (χ4v) is 4.28. The molecule has 1 atom stereocenters. The predicted octanol–water partition coefficient (Wildman–Crippen LogP) is 1.19. The van der Waals surface area contributed by atoms with E-state index >= 15 is 0 Å². The van der Waals surface area contributed by atoms with Crippen molar-refractivity contribution in [3.63, 3.8) is 0 Å². The number of piperazine rings is 1. The quantitative estimate of drug-likeness (QED) is 0.840. The molecule has 3 aliphatic rings. The highest BCUT2D eigenvalue weighted by Gasteiger charge is 2.39. The van der Waals surface area contributed by atoms with Gasteiger partial charge < -0.3 is 15.0 Å². The average Bonchev–Trinajstić information content (AvgIpc) is 3.13. The van der Waals surface area contributed by atoms with Crippen LogP contribution in [0.15, 0.2) is 30.3 Å². The number of benzene rings is 1. The summed E-state index contributed by atoms with van der Waals surface area (Å²) in [4.78, 5) is 37.7. The maximum atomic E-state index is 12.5. The van der Waals surface area contributed by atoms with Gasteiger partial charge in [0.2, 0.25) is 0 Å². The molecule has 150 valence electrons. The van der Waals surface area contributed by atoms with Crippen LogP contribution < -0.4 is 10.2 Å². The number of hydrogen-bond donors (Lipinski definition) is 1. The molecule has 0 bridgehead atoms. The number of aryl methyl sites for hydroxylation is 2. The van der Waals surface area contributed by atoms with Gasteiger partial charge in [-0.05, 0) is 18.4 Å². The van der Waals surface area contributed by atoms with Crippen molar-refractivity contribution >= 4 is 17.8 Å². The minimum absolute atomic E-state index is 0.0343. The Morgan fingerprint density at radius 1 is 1.10 bits per heavy atom. The van der Waals surface area contributed by atoms with E-state index in [9.17, 15) is 9.59 Å². The summed E-state index contributed by atoms with van der Waals surface area (Å²) >= 11 is 0. The Hall–Kier alpha value is -3.16. The van der Waals surface area contributed by atoms with Crippen LogP contribution in [-0.4, -0.2) is 65.7 Å². The van der Waals surface area contributed by atoms with Crippen molar-refractivity contribution in [3.05, 3.63) is 53.0 Å². The molecule has 2 fully saturated rings. The van der Waals surface area contributed by atoms with Crippen molar-refractivity contribution in [3.8, 4) is 0 Å². The molecule has 8 heteroatoms. The van der Waals surface area contributed by atoms with Gasteiger partial charge in [0.15, 0.2) is 0 Å². The van der Waals surface area contributed by atoms with Crippen LogP contribution in [0.1, 0.15) is 27.4 Å². The third kappa shape index (κ3) is 3.39. The summed E-state index contributed by atoms with van der Waals surface area (Å²) in [5, 5.41) is 2.89. The first-order valence-electron chi connectivity index (χ1n) is 10.1. The number of hydrogen-bond acceptors (Lipinski definition) is 6. The minimum atomic E-state index is -0.234. The second-order valence-corrected chi connectivity index (χ2v) is 7.65. The summed E-state index contributed by atoms with van der Waals surface area (Å²) in [6.07, 6.45) is 1.97. The monoisotopic (exact) mass is 393 g/mol. The van der Waals surface area contributed by atoms with Crippen LogP contribution >= 0.6 is 0 Å². The average molecular weight is 393 g/mol. The molecule has 5 rings (SSSR count). The van der Waals surface area contributed by atoms with Crippen molar-refractivity contribution in [2.24, 2.45) is 0 Å². The number of cyclic esters (lactones) is 1. The van der Waals surface area contributed by atoms with Gasteiger partial charge in [0.25, 0.3) is 5.91 Å². The number of nitrogens with zero attached hydrogens (tertiary/aromatic N) is 4. The third-order valence-corrected chi connectivity index (χ3v) is 5.80. The van der Waals surface area contributed by atoms with Crippen molar-refractivity contribution in [2.45, 2.75) is 25.3 Å². The number of ether oxygens (including phenoxy) is 1. The van der Waals surface area contributed by atoms with E-state index < -0.39 is 0 Å². The highest BCUT2D eigenvalue weighted by molar-refractivity contribution is 5.96. The fourth-order valence-electron chi connectivity index (χ4n) is 4.28. The summed E-state index contributed by atoms with van der Waals surface area (Å²) in [6.45, 7) is 2.94. The highest BCUT2D eigenvalue weighted by atomic mass is 16.6. The zero-order valence-electron chi connectivity index (χ0n) is 16.1. The Bertz CT molecular complexity index is 949. The Balaban J connectivity index is 1.44. The van der Waals surface area contributed by atoms with E-state index in [0.717, 1.165) is 24.2 Å². The number of nitrogens with one attached hydrogen (secondary N) is 1. The molecule has 1 aromatic heterocycles. The lowest BCUT2D eigenvalue weighted by Gasteiger charge is -2.37. The van der Waals surface area contributed by atoms with Gasteiger partial charge in [0.1, 0.15) is 23.9 Å². The molecule has 0 spiro atoms. The van der Waals surface area contributed by atoms with Crippen molar-refractivity contribution in [1.82, 2.24) is 20.2 Å². The third-order valence-electron chi connectivity index (χ3n) is 5.80. The summed E-state index contributed by atoms with van der Waals surface area (Å²) in [5.74, 6) is 1.39. The summed E-state index contributed by atoms with van der Waals surface area (Å²) in [6, 6.07) is 10.2. The van der Waals surface area contributed by atoms with Gasteiger partial charge in [-0.25, -0.2) is 14.8 Å². The zero-order valence-corrected chi connectivity index (χ0v) is 16.1. The standard InChI is InChI=1S/C21H23N5O3/c27-20-18-16(8-9-22-20)19(25-10-11-26-15(12-25)13-29-21(26)28)24-17(23-18)7-6-14-4-2-1-3-5-14/h1-5,15H,6-13H2,(H,22,27). The van der Waals surface area contributed by atoms with Crippen molar-refractivity contribution < 1.29 is 14.3 Å². The summed E-state index contributed by atoms with van der Waals surface area (Å²) in [7, 11) is 0. The summed E-state index contributed by atoms with van der Waals surface area (Å²) in [5.41, 5.74) is 2.62. The van der Waals surface area contributed by atoms with Crippen LogP contribution in [0, 0.1) is 0 Å². The van der Waals surface area contributed by atoms with Crippen LogP contribution in [0.25, 0.3) is 0 Å². The van der Waals surface area contributed by atoms with Gasteiger partial charge in [-0.3, -0.25) is 9.69 Å². The fraction of sp³-hybridized carbons (Fsp3) is 0.429. The van der Waals surface area contributed by atoms with Crippen molar-refractivity contribution in [2.75, 3.05) is 37.7 Å². The van der Waals surface area contributed by atoms with E-state index in [1.807, 2.05) is 18.2 Å². The van der Waals surface area contributed by atoms with E-state index in [1.54, 1.807) is 4.90 Å². The van der Waals surface area contributed by atoms with E-state index in [1.165, 1.54) is 5.56 Å². The zero-order chi connectivity index (χ0) is 19.8. The second-order valence-electron chi connectivity index (χ2n) is 7.65. The van der Waals surface area contributed by atoms with Crippen LogP contribution in [0.3, 0.4) is 0 Å². The second kappa shape index (κ2) is 7.35. The van der Waals surface area contributed by atoms with Crippen molar-refractivity contribution in [1.29, 1.82) is 0 Å². The molecular formula is C21H23N5O3. The number of aromatic nitrogens is 2. The lowest BCUT2D eigenvalue weighted by molar-refractivity contribution is 0.0940. The molecule has 4 heterocycles. The number of carbonyl (C=O) groups is 2. The molecule has 2 aromatic rings. The van der Waals surface area contributed by atoms with Crippen LogP contribution in [0.5, 0.6) is 0 Å². The van der Waals surface area contributed by atoms with Crippen LogP contribution in [0.2, 0.25) is 0 Å². The van der Waals surface area contributed by atoms with Gasteiger partial charge in [0.05, 0.1) is 6.04 Å². The van der Waals surface area contributed by atoms with E-state index in [4.69, 9.17) is 9.72 Å². The van der Waals surface area contributed by atoms with E-state index in [0.29, 0.717) is 50.7 Å². The highest BCUT2D eigenvalue weighted by Crippen LogP contribution is 2.28. The molecule has 29 heavy (non-hydrogen) atoms. The Morgan fingerprint density at radius 2 is 1.97 bits per heavy atom. The van der Waals surface area contributed by atoms with Gasteiger partial charge >= 0.3 is 6.09 Å². The first-order chi connectivity index (χ1) is 14.2. The lowest BCUT2D eigenvalue weighted by atomic mass is 10.0. The molecule has 0 aliphatic carbocycles. The van der Waals surface area contributed by atoms with Gasteiger partial charge in [0, 0.05) is 38.2 Å². The number of rotatable bonds is 4. The maximum Gasteiger partial charge on any atom is 0.410 e. The predicted molar refractivity (Wildman–Crippen MR) is 106 cm³/mol. The molecular weight excluding hydrogens is 370 g/mol. The van der Waals surface area contributed by atoms with Crippen LogP contribution in [0.4, 0.5) is 10.6 Å². The number of anilines is 1. The molecule has 1 unspecified atom stereocenters. The smallest absolute Gasteiger partial charge is 0.410 e. The first-order valence-corrected chi connectivity index (χ1v) is 10.1. The number of carbonyl (C=O) groups excluding carboxylic acids is 2. The molecule has 0 radical (unpaired) electrons. The first kappa shape index (κ1) is 17.9.